The average Bonchev–Trinajstić information content (AvgIpc) is 1.85. The molecule has 59 valence electrons. The highest BCUT2D eigenvalue weighted by Crippen LogP contribution is 2.08. The first-order valence-electron chi connectivity index (χ1n) is 2.71. The minimum Gasteiger partial charge on any atom is -0.361 e. The second-order valence-corrected chi connectivity index (χ2v) is 2.76. The van der Waals surface area contributed by atoms with Gasteiger partial charge in [0.25, 0.3) is 0 Å². The summed E-state index contributed by atoms with van der Waals surface area (Å²) in [4.78, 5) is 0. The smallest absolute Gasteiger partial charge is 0.361 e. The fraction of sp³-hybridized carbons (Fsp3) is 0. The van der Waals surface area contributed by atoms with Crippen LogP contribution in [-0.2, 0) is 10.4 Å². The van der Waals surface area contributed by atoms with E-state index in [0.29, 0.717) is 0 Å². The van der Waals surface area contributed by atoms with E-state index in [1.807, 2.05) is 0 Å². The Morgan fingerprint density at radius 1 is 1.45 bits per heavy atom. The molecule has 0 amide bonds. The Bertz CT molecular complexity index is 316. The summed E-state index contributed by atoms with van der Waals surface area (Å²) >= 11 is 0. The molecule has 0 bridgehead atoms. The molecule has 1 aromatic rings. The van der Waals surface area contributed by atoms with Gasteiger partial charge in [0.05, 0.1) is 0 Å². The van der Waals surface area contributed by atoms with Gasteiger partial charge in [-0.3, -0.25) is 4.55 Å². The summed E-state index contributed by atoms with van der Waals surface area (Å²) in [7, 11) is -4.41. The van der Waals surface area contributed by atoms with Crippen LogP contribution in [0.1, 0.15) is 0 Å². The molecule has 1 radical (unpaired) electrons. The van der Waals surface area contributed by atoms with Gasteiger partial charge in [0.2, 0.25) is 0 Å². The molecule has 1 rings (SSSR count). The molecule has 0 atom stereocenters. The molecule has 0 saturated heterocycles. The standard InChI is InChI=1S/C6H5O4S/c7-11(8,9)10-6-4-2-1-3-5-6/h1-4H,(H,7,8,9). The lowest BCUT2D eigenvalue weighted by Crippen LogP contribution is -2.06. The zero-order valence-corrected chi connectivity index (χ0v) is 6.21. The Balaban J connectivity index is 2.82. The number of hydrogen-bond acceptors (Lipinski definition) is 3. The monoisotopic (exact) mass is 173 g/mol. The van der Waals surface area contributed by atoms with E-state index in [1.165, 1.54) is 12.1 Å². The number of hydrogen-bond donors (Lipinski definition) is 1. The Morgan fingerprint density at radius 3 is 2.64 bits per heavy atom. The van der Waals surface area contributed by atoms with Gasteiger partial charge in [0.15, 0.2) is 5.75 Å². The molecule has 0 fully saturated rings. The average molecular weight is 173 g/mol. The van der Waals surface area contributed by atoms with Gasteiger partial charge in [-0.05, 0) is 6.07 Å². The topological polar surface area (TPSA) is 63.6 Å². The third-order valence-electron chi connectivity index (χ3n) is 0.876. The first kappa shape index (κ1) is 8.03. The van der Waals surface area contributed by atoms with Crippen molar-refractivity contribution >= 4 is 10.4 Å². The second-order valence-electron chi connectivity index (χ2n) is 1.74. The van der Waals surface area contributed by atoms with Crippen molar-refractivity contribution < 1.29 is 17.2 Å². The molecule has 11 heavy (non-hydrogen) atoms. The highest BCUT2D eigenvalue weighted by atomic mass is 32.3. The molecule has 1 aromatic carbocycles. The molecule has 5 heteroatoms. The van der Waals surface area contributed by atoms with Crippen LogP contribution in [0.15, 0.2) is 24.3 Å². The van der Waals surface area contributed by atoms with E-state index in [2.05, 4.69) is 10.2 Å². The molecule has 0 spiro atoms. The van der Waals surface area contributed by atoms with E-state index in [9.17, 15) is 8.42 Å². The van der Waals surface area contributed by atoms with Crippen molar-refractivity contribution in [1.29, 1.82) is 0 Å². The van der Waals surface area contributed by atoms with Crippen LogP contribution in [0.4, 0.5) is 0 Å². The Morgan fingerprint density at radius 2 is 2.18 bits per heavy atom. The van der Waals surface area contributed by atoms with Gasteiger partial charge in [-0.2, -0.15) is 8.42 Å². The Hall–Kier alpha value is -1.07. The van der Waals surface area contributed by atoms with E-state index in [1.54, 1.807) is 12.1 Å². The van der Waals surface area contributed by atoms with Gasteiger partial charge in [0, 0.05) is 6.07 Å². The van der Waals surface area contributed by atoms with Crippen molar-refractivity contribution in [3.63, 3.8) is 0 Å². The molecule has 0 aliphatic heterocycles. The zero-order chi connectivity index (χ0) is 8.32. The second kappa shape index (κ2) is 2.89. The van der Waals surface area contributed by atoms with Crippen LogP contribution in [0.25, 0.3) is 0 Å². The van der Waals surface area contributed by atoms with Crippen LogP contribution in [0.3, 0.4) is 0 Å². The predicted molar refractivity (Wildman–Crippen MR) is 37.5 cm³/mol. The summed E-state index contributed by atoms with van der Waals surface area (Å²) in [5.41, 5.74) is 0. The minimum atomic E-state index is -4.41. The number of benzene rings is 1. The summed E-state index contributed by atoms with van der Waals surface area (Å²) in [5.74, 6) is -0.0324. The van der Waals surface area contributed by atoms with Gasteiger partial charge in [-0.25, -0.2) is 0 Å². The van der Waals surface area contributed by atoms with E-state index >= 15 is 0 Å². The lowest BCUT2D eigenvalue weighted by Gasteiger charge is -1.97. The SMILES string of the molecule is O=S(=O)(O)Oc1[c]cccc1. The molecular weight excluding hydrogens is 168 g/mol. The van der Waals surface area contributed by atoms with Crippen molar-refractivity contribution in [2.24, 2.45) is 0 Å². The van der Waals surface area contributed by atoms with E-state index in [4.69, 9.17) is 4.55 Å². The quantitative estimate of drug-likeness (QED) is 0.667. The lowest BCUT2D eigenvalue weighted by atomic mass is 10.3. The van der Waals surface area contributed by atoms with Gasteiger partial charge < -0.3 is 4.18 Å². The van der Waals surface area contributed by atoms with Gasteiger partial charge >= 0.3 is 10.4 Å². The highest BCUT2D eigenvalue weighted by molar-refractivity contribution is 7.81. The highest BCUT2D eigenvalue weighted by Gasteiger charge is 2.04. The summed E-state index contributed by atoms with van der Waals surface area (Å²) in [6, 6.07) is 8.52. The van der Waals surface area contributed by atoms with Gasteiger partial charge in [-0.1, -0.05) is 18.2 Å². The fourth-order valence-corrected chi connectivity index (χ4v) is 0.873. The molecule has 1 N–H and O–H groups in total. The summed E-state index contributed by atoms with van der Waals surface area (Å²) < 4.78 is 32.5. The summed E-state index contributed by atoms with van der Waals surface area (Å²) in [6.45, 7) is 0. The first-order valence-corrected chi connectivity index (χ1v) is 4.08. The summed E-state index contributed by atoms with van der Waals surface area (Å²) in [6.07, 6.45) is 0. The molecule has 0 unspecified atom stereocenters. The van der Waals surface area contributed by atoms with Crippen molar-refractivity contribution in [2.45, 2.75) is 0 Å². The van der Waals surface area contributed by atoms with Crippen LogP contribution in [-0.4, -0.2) is 13.0 Å². The maximum absolute atomic E-state index is 10.1. The normalized spacial score (nSPS) is 11.0. The first-order chi connectivity index (χ1) is 5.08. The van der Waals surface area contributed by atoms with Crippen molar-refractivity contribution in [3.05, 3.63) is 30.3 Å². The van der Waals surface area contributed by atoms with Crippen LogP contribution < -0.4 is 4.18 Å². The Labute approximate surface area is 64.4 Å². The van der Waals surface area contributed by atoms with E-state index < -0.39 is 10.4 Å². The minimum absolute atomic E-state index is 0.0324. The Kier molecular flexibility index (Phi) is 2.11. The number of rotatable bonds is 2. The molecule has 0 aliphatic rings. The molecule has 0 aromatic heterocycles. The maximum atomic E-state index is 10.1. The van der Waals surface area contributed by atoms with Crippen molar-refractivity contribution in [2.75, 3.05) is 0 Å². The maximum Gasteiger partial charge on any atom is 0.446 e. The van der Waals surface area contributed by atoms with E-state index in [-0.39, 0.29) is 5.75 Å². The third-order valence-corrected chi connectivity index (χ3v) is 1.27. The van der Waals surface area contributed by atoms with E-state index in [0.717, 1.165) is 0 Å². The predicted octanol–water partition coefficient (Wildman–Crippen LogP) is 0.668. The van der Waals surface area contributed by atoms with Gasteiger partial charge in [0.1, 0.15) is 0 Å². The molecule has 4 nitrogen and oxygen atoms in total. The molecular formula is C6H5O4S. The van der Waals surface area contributed by atoms with Crippen molar-refractivity contribution in [3.8, 4) is 5.75 Å². The van der Waals surface area contributed by atoms with Crippen LogP contribution >= 0.6 is 0 Å². The molecule has 0 saturated carbocycles. The van der Waals surface area contributed by atoms with Gasteiger partial charge in [-0.15, -0.1) is 0 Å². The third kappa shape index (κ3) is 3.01. The number of para-hydroxylation sites is 1. The zero-order valence-electron chi connectivity index (χ0n) is 5.39. The summed E-state index contributed by atoms with van der Waals surface area (Å²) in [5, 5.41) is 0. The van der Waals surface area contributed by atoms with Crippen LogP contribution in [0.2, 0.25) is 0 Å². The lowest BCUT2D eigenvalue weighted by molar-refractivity contribution is 0.386. The van der Waals surface area contributed by atoms with Crippen LogP contribution in [0.5, 0.6) is 5.75 Å². The van der Waals surface area contributed by atoms with Crippen molar-refractivity contribution in [1.82, 2.24) is 0 Å². The largest absolute Gasteiger partial charge is 0.446 e. The molecule has 0 heterocycles. The van der Waals surface area contributed by atoms with Crippen LogP contribution in [0, 0.1) is 6.07 Å². The fourth-order valence-electron chi connectivity index (χ4n) is 0.542. The molecule has 0 aliphatic carbocycles.